The number of nitrogens with zero attached hydrogens (tertiary/aromatic N) is 2. The lowest BCUT2D eigenvalue weighted by Crippen LogP contribution is -2.38. The number of halogens is 1. The van der Waals surface area contributed by atoms with Crippen molar-refractivity contribution in [3.63, 3.8) is 0 Å². The van der Waals surface area contributed by atoms with E-state index in [1.165, 1.54) is 12.1 Å². The first-order chi connectivity index (χ1) is 9.56. The summed E-state index contributed by atoms with van der Waals surface area (Å²) in [4.78, 5) is 12.1. The number of rotatable bonds is 2. The van der Waals surface area contributed by atoms with E-state index in [4.69, 9.17) is 5.73 Å². The summed E-state index contributed by atoms with van der Waals surface area (Å²) < 4.78 is 14.1. The molecule has 20 heavy (non-hydrogen) atoms. The zero-order valence-electron chi connectivity index (χ0n) is 11.2. The van der Waals surface area contributed by atoms with Crippen LogP contribution in [0.4, 0.5) is 15.8 Å². The first kappa shape index (κ1) is 13.3. The van der Waals surface area contributed by atoms with Crippen molar-refractivity contribution < 1.29 is 9.31 Å². The number of non-ortho nitro benzene ring substituents is 1. The molecule has 2 N–H and O–H groups in total. The zero-order valence-corrected chi connectivity index (χ0v) is 11.2. The molecule has 1 aromatic carbocycles. The summed E-state index contributed by atoms with van der Waals surface area (Å²) in [6.07, 6.45) is 3.32. The third-order valence-corrected chi connectivity index (χ3v) is 4.64. The number of fused-ring (bicyclic) bond motifs is 1. The molecule has 1 aliphatic heterocycles. The summed E-state index contributed by atoms with van der Waals surface area (Å²) in [6.45, 7) is 1.55. The van der Waals surface area contributed by atoms with E-state index >= 15 is 0 Å². The Labute approximate surface area is 116 Å². The minimum Gasteiger partial charge on any atom is -0.369 e. The molecule has 0 amide bonds. The number of benzene rings is 1. The second-order valence-corrected chi connectivity index (χ2v) is 5.82. The molecule has 0 aromatic heterocycles. The smallest absolute Gasteiger partial charge is 0.272 e. The Kier molecular flexibility index (Phi) is 3.33. The van der Waals surface area contributed by atoms with Crippen molar-refractivity contribution in [2.45, 2.75) is 25.3 Å². The summed E-state index contributed by atoms with van der Waals surface area (Å²) >= 11 is 0. The maximum Gasteiger partial charge on any atom is 0.272 e. The fourth-order valence-electron chi connectivity index (χ4n) is 3.58. The van der Waals surface area contributed by atoms with Gasteiger partial charge in [-0.1, -0.05) is 6.42 Å². The van der Waals surface area contributed by atoms with Gasteiger partial charge < -0.3 is 10.6 Å². The van der Waals surface area contributed by atoms with Gasteiger partial charge in [0.2, 0.25) is 0 Å². The molecule has 1 aromatic rings. The summed E-state index contributed by atoms with van der Waals surface area (Å²) in [5, 5.41) is 10.6. The molecule has 0 spiro atoms. The summed E-state index contributed by atoms with van der Waals surface area (Å²) in [5.74, 6) is 0.415. The number of nitrogens with two attached hydrogens (primary N) is 1. The zero-order chi connectivity index (χ0) is 14.3. The second kappa shape index (κ2) is 5.01. The van der Waals surface area contributed by atoms with Crippen LogP contribution in [0, 0.1) is 27.8 Å². The molecule has 6 heteroatoms. The summed E-state index contributed by atoms with van der Waals surface area (Å²) in [6, 6.07) is 4.06. The van der Waals surface area contributed by atoms with Crippen molar-refractivity contribution in [2.24, 2.45) is 17.6 Å². The fourth-order valence-corrected chi connectivity index (χ4v) is 3.58. The average Bonchev–Trinajstić information content (AvgIpc) is 2.83. The third-order valence-electron chi connectivity index (χ3n) is 4.64. The highest BCUT2D eigenvalue weighted by atomic mass is 19.1. The van der Waals surface area contributed by atoms with Gasteiger partial charge in [-0.25, -0.2) is 4.39 Å². The molecule has 2 aliphatic rings. The van der Waals surface area contributed by atoms with Gasteiger partial charge in [0.1, 0.15) is 0 Å². The van der Waals surface area contributed by atoms with Crippen LogP contribution >= 0.6 is 0 Å². The highest BCUT2D eigenvalue weighted by molar-refractivity contribution is 5.53. The highest BCUT2D eigenvalue weighted by Crippen LogP contribution is 2.38. The van der Waals surface area contributed by atoms with Crippen LogP contribution in [-0.4, -0.2) is 24.1 Å². The molecular weight excluding hydrogens is 261 g/mol. The normalized spacial score (nSPS) is 29.3. The lowest BCUT2D eigenvalue weighted by molar-refractivity contribution is -0.385. The summed E-state index contributed by atoms with van der Waals surface area (Å²) in [7, 11) is 0. The molecule has 3 rings (SSSR count). The van der Waals surface area contributed by atoms with Crippen LogP contribution in [0.25, 0.3) is 0 Å². The Bertz CT molecular complexity index is 537. The van der Waals surface area contributed by atoms with Gasteiger partial charge in [-0.2, -0.15) is 0 Å². The summed E-state index contributed by atoms with van der Waals surface area (Å²) in [5.41, 5.74) is 6.40. The molecule has 1 aliphatic carbocycles. The number of hydrogen-bond acceptors (Lipinski definition) is 4. The van der Waals surface area contributed by atoms with Crippen LogP contribution < -0.4 is 10.6 Å². The number of hydrogen-bond donors (Lipinski definition) is 1. The molecule has 1 heterocycles. The number of anilines is 1. The maximum absolute atomic E-state index is 14.1. The topological polar surface area (TPSA) is 72.4 Å². The Hall–Kier alpha value is -1.69. The van der Waals surface area contributed by atoms with E-state index in [1.54, 1.807) is 0 Å². The first-order valence-electron chi connectivity index (χ1n) is 7.00. The van der Waals surface area contributed by atoms with Gasteiger partial charge in [0.05, 0.1) is 16.7 Å². The molecule has 3 atom stereocenters. The minimum atomic E-state index is -0.577. The van der Waals surface area contributed by atoms with Gasteiger partial charge >= 0.3 is 0 Å². The van der Waals surface area contributed by atoms with Gasteiger partial charge in [-0.3, -0.25) is 10.1 Å². The van der Waals surface area contributed by atoms with Crippen LogP contribution in [0.2, 0.25) is 0 Å². The first-order valence-corrected chi connectivity index (χ1v) is 7.00. The molecular formula is C14H18FN3O2. The molecule has 0 radical (unpaired) electrons. The van der Waals surface area contributed by atoms with Gasteiger partial charge in [0, 0.05) is 25.2 Å². The van der Waals surface area contributed by atoms with E-state index in [2.05, 4.69) is 0 Å². The Morgan fingerprint density at radius 3 is 2.80 bits per heavy atom. The van der Waals surface area contributed by atoms with Crippen molar-refractivity contribution in [1.82, 2.24) is 0 Å². The van der Waals surface area contributed by atoms with E-state index in [-0.39, 0.29) is 11.7 Å². The highest BCUT2D eigenvalue weighted by Gasteiger charge is 2.39. The van der Waals surface area contributed by atoms with E-state index in [1.807, 2.05) is 4.90 Å². The van der Waals surface area contributed by atoms with Gasteiger partial charge in [0.25, 0.3) is 5.69 Å². The average molecular weight is 279 g/mol. The molecule has 0 bridgehead atoms. The molecule has 108 valence electrons. The van der Waals surface area contributed by atoms with Crippen LogP contribution in [0.3, 0.4) is 0 Å². The molecule has 2 fully saturated rings. The molecule has 5 nitrogen and oxygen atoms in total. The number of nitro benzene ring substituents is 1. The van der Waals surface area contributed by atoms with E-state index in [0.29, 0.717) is 17.5 Å². The van der Waals surface area contributed by atoms with Gasteiger partial charge in [-0.05, 0) is 30.7 Å². The predicted molar refractivity (Wildman–Crippen MR) is 74.1 cm³/mol. The van der Waals surface area contributed by atoms with Crippen molar-refractivity contribution in [2.75, 3.05) is 18.0 Å². The van der Waals surface area contributed by atoms with Crippen LogP contribution in [0.15, 0.2) is 18.2 Å². The lowest BCUT2D eigenvalue weighted by Gasteiger charge is -2.29. The monoisotopic (exact) mass is 279 g/mol. The Morgan fingerprint density at radius 2 is 2.15 bits per heavy atom. The van der Waals surface area contributed by atoms with Crippen molar-refractivity contribution in [3.8, 4) is 0 Å². The predicted octanol–water partition coefficient (Wildman–Crippen LogP) is 2.30. The van der Waals surface area contributed by atoms with Gasteiger partial charge in [-0.15, -0.1) is 0 Å². The van der Waals surface area contributed by atoms with E-state index in [0.717, 1.165) is 38.4 Å². The van der Waals surface area contributed by atoms with Crippen molar-refractivity contribution in [1.29, 1.82) is 0 Å². The van der Waals surface area contributed by atoms with Crippen LogP contribution in [0.5, 0.6) is 0 Å². The van der Waals surface area contributed by atoms with Gasteiger partial charge in [0.15, 0.2) is 5.82 Å². The molecule has 1 saturated carbocycles. The standard InChI is InChI=1S/C14H18FN3O2/c15-12-6-10(18(19)20)4-5-14(12)17-7-9-2-1-3-13(16)11(9)8-17/h4-6,9,11,13H,1-3,7-8,16H2. The third kappa shape index (κ3) is 2.24. The Balaban J connectivity index is 1.82. The maximum atomic E-state index is 14.1. The quantitative estimate of drug-likeness (QED) is 0.666. The van der Waals surface area contributed by atoms with Crippen LogP contribution in [-0.2, 0) is 0 Å². The van der Waals surface area contributed by atoms with Crippen LogP contribution in [0.1, 0.15) is 19.3 Å². The Morgan fingerprint density at radius 1 is 1.35 bits per heavy atom. The van der Waals surface area contributed by atoms with Crippen molar-refractivity contribution >= 4 is 11.4 Å². The minimum absolute atomic E-state index is 0.194. The van der Waals surface area contributed by atoms with Crippen molar-refractivity contribution in [3.05, 3.63) is 34.1 Å². The second-order valence-electron chi connectivity index (χ2n) is 5.82. The number of nitro groups is 1. The van der Waals surface area contributed by atoms with E-state index in [9.17, 15) is 14.5 Å². The molecule has 1 saturated heterocycles. The largest absolute Gasteiger partial charge is 0.369 e. The molecule has 3 unspecified atom stereocenters. The fraction of sp³-hybridized carbons (Fsp3) is 0.571. The SMILES string of the molecule is NC1CCCC2CN(c3ccc([N+](=O)[O-])cc3F)CC12. The van der Waals surface area contributed by atoms with E-state index < -0.39 is 10.7 Å². The lowest BCUT2D eigenvalue weighted by atomic mass is 9.78.